The number of carbonyl (C=O) groups is 1. The van der Waals surface area contributed by atoms with Gasteiger partial charge in [-0.05, 0) is 19.9 Å². The van der Waals surface area contributed by atoms with E-state index in [0.717, 1.165) is 17.8 Å². The van der Waals surface area contributed by atoms with Gasteiger partial charge in [0.05, 0.1) is 6.61 Å². The molecule has 0 saturated carbocycles. The molecule has 1 rings (SSSR count). The molecule has 0 bridgehead atoms. The Labute approximate surface area is 78.6 Å². The maximum atomic E-state index is 11.1. The zero-order valence-corrected chi connectivity index (χ0v) is 8.09. The molecule has 2 heteroatoms. The van der Waals surface area contributed by atoms with Gasteiger partial charge in [-0.15, -0.1) is 0 Å². The van der Waals surface area contributed by atoms with E-state index >= 15 is 0 Å². The van der Waals surface area contributed by atoms with E-state index < -0.39 is 0 Å². The van der Waals surface area contributed by atoms with Crippen LogP contribution in [-0.2, 0) is 9.53 Å². The summed E-state index contributed by atoms with van der Waals surface area (Å²) in [5.74, 6) is 0.810. The second kappa shape index (κ2) is 4.08. The second-order valence-electron chi connectivity index (χ2n) is 2.98. The molecule has 13 heavy (non-hydrogen) atoms. The minimum atomic E-state index is 0.0162. The highest BCUT2D eigenvalue weighted by molar-refractivity contribution is 5.97. The molecule has 0 radical (unpaired) electrons. The predicted octanol–water partition coefficient (Wildman–Crippen LogP) is 2.38. The summed E-state index contributed by atoms with van der Waals surface area (Å²) in [6.45, 7) is 7.85. The largest absolute Gasteiger partial charge is 0.493 e. The van der Waals surface area contributed by atoms with Crippen molar-refractivity contribution in [2.75, 3.05) is 6.61 Å². The molecular formula is C11H14O2. The number of hydrogen-bond donors (Lipinski definition) is 0. The summed E-state index contributed by atoms with van der Waals surface area (Å²) in [7, 11) is 0. The van der Waals surface area contributed by atoms with Gasteiger partial charge < -0.3 is 4.74 Å². The molecule has 0 N–H and O–H groups in total. The first-order chi connectivity index (χ1) is 6.16. The fraction of sp³-hybridized carbons (Fsp3) is 0.364. The maximum absolute atomic E-state index is 11.1. The van der Waals surface area contributed by atoms with E-state index in [9.17, 15) is 4.79 Å². The van der Waals surface area contributed by atoms with Crippen LogP contribution in [0.25, 0.3) is 0 Å². The van der Waals surface area contributed by atoms with Crippen LogP contribution >= 0.6 is 0 Å². The summed E-state index contributed by atoms with van der Waals surface area (Å²) >= 11 is 0. The topological polar surface area (TPSA) is 26.3 Å². The SMILES string of the molecule is C=C(C(C)=O)C1=C(/C=C\C)OCC1. The molecule has 70 valence electrons. The van der Waals surface area contributed by atoms with Gasteiger partial charge >= 0.3 is 0 Å². The molecule has 1 aliphatic heterocycles. The van der Waals surface area contributed by atoms with Crippen molar-refractivity contribution < 1.29 is 9.53 Å². The lowest BCUT2D eigenvalue weighted by Gasteiger charge is -2.01. The molecule has 2 nitrogen and oxygen atoms in total. The minimum Gasteiger partial charge on any atom is -0.493 e. The quantitative estimate of drug-likeness (QED) is 0.620. The Kier molecular flexibility index (Phi) is 3.07. The Hall–Kier alpha value is -1.31. The Morgan fingerprint density at radius 2 is 2.31 bits per heavy atom. The molecule has 1 aliphatic rings. The molecular weight excluding hydrogens is 164 g/mol. The van der Waals surface area contributed by atoms with Crippen LogP contribution in [-0.4, -0.2) is 12.4 Å². The summed E-state index contributed by atoms with van der Waals surface area (Å²) in [6.07, 6.45) is 4.56. The summed E-state index contributed by atoms with van der Waals surface area (Å²) in [6, 6.07) is 0. The van der Waals surface area contributed by atoms with E-state index in [4.69, 9.17) is 4.74 Å². The first kappa shape index (κ1) is 9.78. The molecule has 0 fully saturated rings. The first-order valence-corrected chi connectivity index (χ1v) is 4.35. The predicted molar refractivity (Wildman–Crippen MR) is 52.2 cm³/mol. The van der Waals surface area contributed by atoms with E-state index in [0.29, 0.717) is 12.2 Å². The van der Waals surface area contributed by atoms with Crippen LogP contribution in [0.2, 0.25) is 0 Å². The van der Waals surface area contributed by atoms with Crippen molar-refractivity contribution in [2.45, 2.75) is 20.3 Å². The van der Waals surface area contributed by atoms with Crippen molar-refractivity contribution in [3.05, 3.63) is 35.6 Å². The van der Waals surface area contributed by atoms with Crippen LogP contribution in [0.1, 0.15) is 20.3 Å². The zero-order valence-electron chi connectivity index (χ0n) is 8.09. The molecule has 0 aliphatic carbocycles. The van der Waals surface area contributed by atoms with Crippen LogP contribution in [0.5, 0.6) is 0 Å². The average Bonchev–Trinajstić information content (AvgIpc) is 2.52. The molecule has 0 amide bonds. The van der Waals surface area contributed by atoms with Crippen LogP contribution < -0.4 is 0 Å². The van der Waals surface area contributed by atoms with Gasteiger partial charge in [0.15, 0.2) is 5.78 Å². The molecule has 0 aromatic carbocycles. The van der Waals surface area contributed by atoms with Crippen molar-refractivity contribution in [3.63, 3.8) is 0 Å². The van der Waals surface area contributed by atoms with Crippen LogP contribution in [0.15, 0.2) is 35.6 Å². The standard InChI is InChI=1S/C11H14O2/c1-4-5-11-10(6-7-13-11)8(2)9(3)12/h4-5H,2,6-7H2,1,3H3/b5-4-. The fourth-order valence-electron chi connectivity index (χ4n) is 1.29. The highest BCUT2D eigenvalue weighted by Gasteiger charge is 2.18. The highest BCUT2D eigenvalue weighted by atomic mass is 16.5. The maximum Gasteiger partial charge on any atom is 0.159 e. The van der Waals surface area contributed by atoms with Gasteiger partial charge in [0.2, 0.25) is 0 Å². The van der Waals surface area contributed by atoms with Gasteiger partial charge in [0, 0.05) is 17.6 Å². The van der Waals surface area contributed by atoms with Gasteiger partial charge in [-0.1, -0.05) is 12.7 Å². The fourth-order valence-corrected chi connectivity index (χ4v) is 1.29. The Morgan fingerprint density at radius 1 is 1.62 bits per heavy atom. The Morgan fingerprint density at radius 3 is 2.85 bits per heavy atom. The molecule has 0 spiro atoms. The number of ketones is 1. The third-order valence-corrected chi connectivity index (χ3v) is 2.01. The number of ether oxygens (including phenoxy) is 1. The van der Waals surface area contributed by atoms with E-state index in [2.05, 4.69) is 6.58 Å². The highest BCUT2D eigenvalue weighted by Crippen LogP contribution is 2.26. The van der Waals surface area contributed by atoms with Crippen LogP contribution in [0.3, 0.4) is 0 Å². The van der Waals surface area contributed by atoms with Crippen LogP contribution in [0, 0.1) is 0 Å². The van der Waals surface area contributed by atoms with Crippen molar-refractivity contribution >= 4 is 5.78 Å². The third-order valence-electron chi connectivity index (χ3n) is 2.01. The normalized spacial score (nSPS) is 16.5. The molecule has 0 atom stereocenters. The minimum absolute atomic E-state index is 0.0162. The van der Waals surface area contributed by atoms with E-state index in [1.54, 1.807) is 0 Å². The lowest BCUT2D eigenvalue weighted by molar-refractivity contribution is -0.113. The smallest absolute Gasteiger partial charge is 0.159 e. The summed E-state index contributed by atoms with van der Waals surface area (Å²) in [5.41, 5.74) is 1.52. The summed E-state index contributed by atoms with van der Waals surface area (Å²) in [4.78, 5) is 11.1. The second-order valence-corrected chi connectivity index (χ2v) is 2.98. The van der Waals surface area contributed by atoms with Gasteiger partial charge in [-0.25, -0.2) is 0 Å². The van der Waals surface area contributed by atoms with Crippen molar-refractivity contribution in [1.29, 1.82) is 0 Å². The molecule has 0 aromatic heterocycles. The first-order valence-electron chi connectivity index (χ1n) is 4.35. The average molecular weight is 178 g/mol. The molecule has 0 saturated heterocycles. The number of hydrogen-bond acceptors (Lipinski definition) is 2. The van der Waals surface area contributed by atoms with Gasteiger partial charge in [-0.2, -0.15) is 0 Å². The Balaban J connectivity index is 2.93. The van der Waals surface area contributed by atoms with Crippen molar-refractivity contribution in [1.82, 2.24) is 0 Å². The lowest BCUT2D eigenvalue weighted by atomic mass is 10.0. The van der Waals surface area contributed by atoms with Gasteiger partial charge in [-0.3, -0.25) is 4.79 Å². The van der Waals surface area contributed by atoms with E-state index in [1.807, 2.05) is 19.1 Å². The monoisotopic (exact) mass is 178 g/mol. The number of Topliss-reactive ketones (excluding diaryl/α,β-unsaturated/α-hetero) is 1. The van der Waals surface area contributed by atoms with Crippen LogP contribution in [0.4, 0.5) is 0 Å². The van der Waals surface area contributed by atoms with E-state index in [1.165, 1.54) is 6.92 Å². The van der Waals surface area contributed by atoms with E-state index in [-0.39, 0.29) is 5.78 Å². The number of carbonyl (C=O) groups excluding carboxylic acids is 1. The van der Waals surface area contributed by atoms with Crippen molar-refractivity contribution in [3.8, 4) is 0 Å². The van der Waals surface area contributed by atoms with Gasteiger partial charge in [0.25, 0.3) is 0 Å². The Bertz CT molecular complexity index is 295. The van der Waals surface area contributed by atoms with Crippen molar-refractivity contribution in [2.24, 2.45) is 0 Å². The summed E-state index contributed by atoms with van der Waals surface area (Å²) in [5, 5.41) is 0. The zero-order chi connectivity index (χ0) is 9.84. The summed E-state index contributed by atoms with van der Waals surface area (Å²) < 4.78 is 5.36. The third kappa shape index (κ3) is 2.08. The lowest BCUT2D eigenvalue weighted by Crippen LogP contribution is -1.98. The van der Waals surface area contributed by atoms with Gasteiger partial charge in [0.1, 0.15) is 5.76 Å². The molecule has 0 unspecified atom stereocenters. The molecule has 1 heterocycles. The molecule has 0 aromatic rings. The number of rotatable bonds is 3. The number of allylic oxidation sites excluding steroid dienone is 3.